The van der Waals surface area contributed by atoms with E-state index in [-0.39, 0.29) is 18.9 Å². The molecule has 1 saturated heterocycles. The van der Waals surface area contributed by atoms with E-state index >= 15 is 0 Å². The number of imide groups is 1. The van der Waals surface area contributed by atoms with Crippen molar-refractivity contribution in [2.24, 2.45) is 0 Å². The van der Waals surface area contributed by atoms with Crippen molar-refractivity contribution in [2.75, 3.05) is 19.0 Å². The number of amides is 3. The lowest BCUT2D eigenvalue weighted by molar-refractivity contribution is -0.123. The number of nitrogens with zero attached hydrogens (tertiary/aromatic N) is 3. The van der Waals surface area contributed by atoms with E-state index < -0.39 is 11.1 Å². The van der Waals surface area contributed by atoms with Crippen LogP contribution >= 0.6 is 11.8 Å². The Kier molecular flexibility index (Phi) is 5.94. The van der Waals surface area contributed by atoms with Gasteiger partial charge in [0.1, 0.15) is 5.75 Å². The minimum absolute atomic E-state index is 0.000657. The second kappa shape index (κ2) is 8.97. The van der Waals surface area contributed by atoms with E-state index in [1.165, 1.54) is 0 Å². The highest BCUT2D eigenvalue weighted by atomic mass is 32.2. The van der Waals surface area contributed by atoms with Crippen LogP contribution in [0.1, 0.15) is 12.0 Å². The highest BCUT2D eigenvalue weighted by Crippen LogP contribution is 2.32. The molecule has 1 aliphatic rings. The number of benzene rings is 2. The molecule has 4 rings (SSSR count). The summed E-state index contributed by atoms with van der Waals surface area (Å²) < 4.78 is 5.18. The van der Waals surface area contributed by atoms with Crippen molar-refractivity contribution in [3.63, 3.8) is 0 Å². The molecule has 8 nitrogen and oxygen atoms in total. The molecular formula is C22H18N4O4S. The lowest BCUT2D eigenvalue weighted by Gasteiger charge is -2.12. The van der Waals surface area contributed by atoms with Crippen LogP contribution in [0.3, 0.4) is 0 Å². The van der Waals surface area contributed by atoms with Gasteiger partial charge in [-0.3, -0.25) is 29.3 Å². The Balaban J connectivity index is 1.38. The number of hydrogen-bond acceptors (Lipinski definition) is 7. The van der Waals surface area contributed by atoms with E-state index in [1.807, 2.05) is 6.07 Å². The van der Waals surface area contributed by atoms with Crippen LogP contribution in [0.4, 0.5) is 10.5 Å². The van der Waals surface area contributed by atoms with E-state index in [4.69, 9.17) is 4.74 Å². The Labute approximate surface area is 182 Å². The molecule has 1 aliphatic heterocycles. The van der Waals surface area contributed by atoms with Crippen molar-refractivity contribution in [3.8, 4) is 5.75 Å². The van der Waals surface area contributed by atoms with Gasteiger partial charge in [0, 0.05) is 31.0 Å². The second-order valence-electron chi connectivity index (χ2n) is 6.67. The average Bonchev–Trinajstić information content (AvgIpc) is 3.04. The lowest BCUT2D eigenvalue weighted by Crippen LogP contribution is -2.31. The van der Waals surface area contributed by atoms with Crippen LogP contribution in [0.25, 0.3) is 17.1 Å². The maximum Gasteiger partial charge on any atom is 0.293 e. The molecule has 0 unspecified atom stereocenters. The summed E-state index contributed by atoms with van der Waals surface area (Å²) in [5.41, 5.74) is 2.71. The van der Waals surface area contributed by atoms with Gasteiger partial charge in [-0.2, -0.15) is 0 Å². The van der Waals surface area contributed by atoms with Gasteiger partial charge in [-0.15, -0.1) is 0 Å². The summed E-state index contributed by atoms with van der Waals surface area (Å²) in [4.78, 5) is 47.0. The predicted octanol–water partition coefficient (Wildman–Crippen LogP) is 3.70. The predicted molar refractivity (Wildman–Crippen MR) is 118 cm³/mol. The third-order valence-corrected chi connectivity index (χ3v) is 5.49. The maximum absolute atomic E-state index is 12.6. The molecule has 3 amide bonds. The van der Waals surface area contributed by atoms with E-state index in [0.717, 1.165) is 27.7 Å². The lowest BCUT2D eigenvalue weighted by atomic mass is 10.2. The fraction of sp³-hybridized carbons (Fsp3) is 0.136. The molecule has 2 aromatic carbocycles. The Morgan fingerprint density at radius 2 is 1.94 bits per heavy atom. The molecular weight excluding hydrogens is 416 g/mol. The number of methoxy groups -OCH3 is 1. The fourth-order valence-electron chi connectivity index (χ4n) is 3.05. The van der Waals surface area contributed by atoms with Gasteiger partial charge < -0.3 is 10.1 Å². The van der Waals surface area contributed by atoms with Gasteiger partial charge >= 0.3 is 0 Å². The monoisotopic (exact) mass is 434 g/mol. The van der Waals surface area contributed by atoms with Gasteiger partial charge in [0.05, 0.1) is 23.0 Å². The third-order valence-electron chi connectivity index (χ3n) is 4.58. The molecule has 2 heterocycles. The van der Waals surface area contributed by atoms with Crippen molar-refractivity contribution in [1.82, 2.24) is 14.9 Å². The minimum atomic E-state index is -0.411. The fourth-order valence-corrected chi connectivity index (χ4v) is 3.92. The van der Waals surface area contributed by atoms with Crippen molar-refractivity contribution in [1.29, 1.82) is 0 Å². The summed E-state index contributed by atoms with van der Waals surface area (Å²) in [5.74, 6) is -0.0602. The number of fused-ring (bicyclic) bond motifs is 1. The van der Waals surface area contributed by atoms with E-state index in [1.54, 1.807) is 62.0 Å². The van der Waals surface area contributed by atoms with Crippen LogP contribution < -0.4 is 10.1 Å². The molecule has 9 heteroatoms. The zero-order valence-electron chi connectivity index (χ0n) is 16.6. The summed E-state index contributed by atoms with van der Waals surface area (Å²) >= 11 is 0.858. The number of ether oxygens (including phenoxy) is 1. The van der Waals surface area contributed by atoms with Crippen LogP contribution in [-0.4, -0.2) is 45.6 Å². The van der Waals surface area contributed by atoms with E-state index in [9.17, 15) is 14.4 Å². The average molecular weight is 434 g/mol. The zero-order chi connectivity index (χ0) is 21.8. The van der Waals surface area contributed by atoms with Crippen molar-refractivity contribution >= 4 is 51.6 Å². The summed E-state index contributed by atoms with van der Waals surface area (Å²) in [7, 11) is 1.56. The van der Waals surface area contributed by atoms with Gasteiger partial charge in [-0.25, -0.2) is 0 Å². The first kappa shape index (κ1) is 20.5. The van der Waals surface area contributed by atoms with Crippen molar-refractivity contribution < 1.29 is 19.1 Å². The summed E-state index contributed by atoms with van der Waals surface area (Å²) in [6.07, 6.45) is 4.80. The number of rotatable bonds is 6. The molecule has 0 aliphatic carbocycles. The normalized spacial score (nSPS) is 15.0. The number of thioether (sulfide) groups is 1. The summed E-state index contributed by atoms with van der Waals surface area (Å²) in [5, 5.41) is 2.36. The number of carbonyl (C=O) groups is 3. The Morgan fingerprint density at radius 3 is 2.74 bits per heavy atom. The van der Waals surface area contributed by atoms with E-state index in [0.29, 0.717) is 21.9 Å². The minimum Gasteiger partial charge on any atom is -0.497 e. The van der Waals surface area contributed by atoms with Crippen LogP contribution in [-0.2, 0) is 9.59 Å². The molecule has 156 valence electrons. The SMILES string of the molecule is COc1cccc(C=C2SC(=O)N(CCC(=O)Nc3ccc4nccnc4c3)C2=O)c1. The summed E-state index contributed by atoms with van der Waals surface area (Å²) in [6.45, 7) is -0.000657. The zero-order valence-corrected chi connectivity index (χ0v) is 17.4. The van der Waals surface area contributed by atoms with Gasteiger partial charge in [0.25, 0.3) is 11.1 Å². The first-order valence-electron chi connectivity index (χ1n) is 9.43. The molecule has 0 atom stereocenters. The quantitative estimate of drug-likeness (QED) is 0.590. The van der Waals surface area contributed by atoms with Gasteiger partial charge in [0.15, 0.2) is 0 Å². The highest BCUT2D eigenvalue weighted by molar-refractivity contribution is 8.18. The molecule has 3 aromatic rings. The Bertz CT molecular complexity index is 1210. The molecule has 1 aromatic heterocycles. The van der Waals surface area contributed by atoms with Gasteiger partial charge in [0.2, 0.25) is 5.91 Å². The van der Waals surface area contributed by atoms with Crippen LogP contribution in [0, 0.1) is 0 Å². The molecule has 1 fully saturated rings. The number of hydrogen-bond donors (Lipinski definition) is 1. The molecule has 1 N–H and O–H groups in total. The number of carbonyl (C=O) groups excluding carboxylic acids is 3. The van der Waals surface area contributed by atoms with Gasteiger partial charge in [-0.05, 0) is 53.7 Å². The van der Waals surface area contributed by atoms with Crippen molar-refractivity contribution in [2.45, 2.75) is 6.42 Å². The Hall–Kier alpha value is -3.72. The molecule has 0 radical (unpaired) electrons. The van der Waals surface area contributed by atoms with Crippen LogP contribution in [0.5, 0.6) is 5.75 Å². The molecule has 0 bridgehead atoms. The Morgan fingerprint density at radius 1 is 1.13 bits per heavy atom. The van der Waals surface area contributed by atoms with Gasteiger partial charge in [-0.1, -0.05) is 12.1 Å². The number of anilines is 1. The van der Waals surface area contributed by atoms with Crippen LogP contribution in [0.15, 0.2) is 59.8 Å². The second-order valence-corrected chi connectivity index (χ2v) is 7.66. The molecule has 31 heavy (non-hydrogen) atoms. The van der Waals surface area contributed by atoms with Crippen LogP contribution in [0.2, 0.25) is 0 Å². The van der Waals surface area contributed by atoms with Crippen molar-refractivity contribution in [3.05, 3.63) is 65.3 Å². The molecule has 0 saturated carbocycles. The standard InChI is InChI=1S/C22H18N4O4S/c1-30-16-4-2-3-14(11-16)12-19-21(28)26(22(29)31-19)10-7-20(27)25-15-5-6-17-18(13-15)24-9-8-23-17/h2-6,8-9,11-13H,7,10H2,1H3,(H,25,27). The molecule has 0 spiro atoms. The van der Waals surface area contributed by atoms with E-state index in [2.05, 4.69) is 15.3 Å². The number of aromatic nitrogens is 2. The smallest absolute Gasteiger partial charge is 0.293 e. The first-order chi connectivity index (χ1) is 15.0. The topological polar surface area (TPSA) is 101 Å². The number of nitrogens with one attached hydrogen (secondary N) is 1. The first-order valence-corrected chi connectivity index (χ1v) is 10.3. The summed E-state index contributed by atoms with van der Waals surface area (Å²) in [6, 6.07) is 12.4. The maximum atomic E-state index is 12.6. The highest BCUT2D eigenvalue weighted by Gasteiger charge is 2.35. The third kappa shape index (κ3) is 4.72. The largest absolute Gasteiger partial charge is 0.497 e.